The fourth-order valence-electron chi connectivity index (χ4n) is 1.20. The molecule has 0 aromatic heterocycles. The summed E-state index contributed by atoms with van der Waals surface area (Å²) in [5, 5.41) is 0. The highest BCUT2D eigenvalue weighted by Gasteiger charge is 2.21. The number of hydrogen-bond donors (Lipinski definition) is 0. The van der Waals surface area contributed by atoms with E-state index in [4.69, 9.17) is 9.47 Å². The normalized spacial score (nSPS) is 11.1. The third kappa shape index (κ3) is 8.68. The van der Waals surface area contributed by atoms with Gasteiger partial charge in [-0.3, -0.25) is 0 Å². The summed E-state index contributed by atoms with van der Waals surface area (Å²) in [5.41, 5.74) is -0.493. The largest absolute Gasteiger partial charge is 0.444 e. The molecule has 17 heavy (non-hydrogen) atoms. The predicted octanol–water partition coefficient (Wildman–Crippen LogP) is 1.85. The van der Waals surface area contributed by atoms with Gasteiger partial charge in [-0.05, 0) is 27.2 Å². The van der Waals surface area contributed by atoms with Crippen molar-refractivity contribution in [2.45, 2.75) is 39.7 Å². The minimum absolute atomic E-state index is 0.0638. The fourth-order valence-corrected chi connectivity index (χ4v) is 1.20. The summed E-state index contributed by atoms with van der Waals surface area (Å²) in [5.74, 6) is 0. The van der Waals surface area contributed by atoms with Crippen LogP contribution >= 0.6 is 0 Å². The molecule has 5 nitrogen and oxygen atoms in total. The molecule has 0 unspecified atom stereocenters. The minimum atomic E-state index is -0.493. The Labute approximate surface area is 103 Å². The SMILES string of the molecule is CCCN(CCOCC=O)C(=O)OC(C)(C)C. The second-order valence-corrected chi connectivity index (χ2v) is 4.71. The van der Waals surface area contributed by atoms with E-state index in [2.05, 4.69) is 0 Å². The highest BCUT2D eigenvalue weighted by atomic mass is 16.6. The molecular formula is C12H23NO4. The van der Waals surface area contributed by atoms with Crippen molar-refractivity contribution in [1.29, 1.82) is 0 Å². The van der Waals surface area contributed by atoms with Gasteiger partial charge >= 0.3 is 6.09 Å². The standard InChI is InChI=1S/C12H23NO4/c1-5-6-13(7-9-16-10-8-14)11(15)17-12(2,3)4/h8H,5-7,9-10H2,1-4H3. The van der Waals surface area contributed by atoms with Crippen LogP contribution in [0.25, 0.3) is 0 Å². The lowest BCUT2D eigenvalue weighted by atomic mass is 10.2. The number of amides is 1. The van der Waals surface area contributed by atoms with E-state index in [1.54, 1.807) is 4.90 Å². The summed E-state index contributed by atoms with van der Waals surface area (Å²) < 4.78 is 10.3. The van der Waals surface area contributed by atoms with Crippen LogP contribution in [0.5, 0.6) is 0 Å². The van der Waals surface area contributed by atoms with Gasteiger partial charge in [0.1, 0.15) is 18.5 Å². The zero-order valence-corrected chi connectivity index (χ0v) is 11.2. The van der Waals surface area contributed by atoms with Crippen LogP contribution in [0.15, 0.2) is 0 Å². The van der Waals surface area contributed by atoms with E-state index in [-0.39, 0.29) is 12.7 Å². The zero-order chi connectivity index (χ0) is 13.3. The monoisotopic (exact) mass is 245 g/mol. The lowest BCUT2D eigenvalue weighted by Gasteiger charge is -2.27. The van der Waals surface area contributed by atoms with Crippen molar-refractivity contribution in [3.8, 4) is 0 Å². The molecule has 0 atom stereocenters. The van der Waals surface area contributed by atoms with E-state index in [1.165, 1.54) is 0 Å². The van der Waals surface area contributed by atoms with Crippen LogP contribution in [0.2, 0.25) is 0 Å². The van der Waals surface area contributed by atoms with Gasteiger partial charge in [0.25, 0.3) is 0 Å². The fraction of sp³-hybridized carbons (Fsp3) is 0.833. The Morgan fingerprint density at radius 1 is 1.29 bits per heavy atom. The molecule has 0 aliphatic carbocycles. The van der Waals surface area contributed by atoms with Crippen LogP contribution < -0.4 is 0 Å². The first-order valence-corrected chi connectivity index (χ1v) is 5.90. The van der Waals surface area contributed by atoms with Crippen LogP contribution in [0.1, 0.15) is 34.1 Å². The first-order valence-electron chi connectivity index (χ1n) is 5.90. The molecular weight excluding hydrogens is 222 g/mol. The second-order valence-electron chi connectivity index (χ2n) is 4.71. The maximum Gasteiger partial charge on any atom is 0.410 e. The summed E-state index contributed by atoms with van der Waals surface area (Å²) in [6.07, 6.45) is 1.21. The molecule has 0 radical (unpaired) electrons. The number of nitrogens with zero attached hydrogens (tertiary/aromatic N) is 1. The molecule has 0 fully saturated rings. The molecule has 0 bridgehead atoms. The van der Waals surface area contributed by atoms with E-state index in [9.17, 15) is 9.59 Å². The molecule has 0 heterocycles. The maximum atomic E-state index is 11.8. The van der Waals surface area contributed by atoms with E-state index in [1.807, 2.05) is 27.7 Å². The molecule has 0 aromatic rings. The quantitative estimate of drug-likeness (QED) is 0.507. The van der Waals surface area contributed by atoms with Gasteiger partial charge in [-0.1, -0.05) is 6.92 Å². The third-order valence-electron chi connectivity index (χ3n) is 1.84. The molecule has 1 amide bonds. The van der Waals surface area contributed by atoms with E-state index in [0.29, 0.717) is 26.0 Å². The highest BCUT2D eigenvalue weighted by Crippen LogP contribution is 2.10. The van der Waals surface area contributed by atoms with Gasteiger partial charge in [0.2, 0.25) is 0 Å². The molecule has 0 rings (SSSR count). The second kappa shape index (κ2) is 8.06. The van der Waals surface area contributed by atoms with Gasteiger partial charge in [0.05, 0.1) is 6.61 Å². The summed E-state index contributed by atoms with van der Waals surface area (Å²) in [7, 11) is 0. The number of hydrogen-bond acceptors (Lipinski definition) is 4. The zero-order valence-electron chi connectivity index (χ0n) is 11.2. The smallest absolute Gasteiger partial charge is 0.410 e. The van der Waals surface area contributed by atoms with Crippen molar-refractivity contribution in [2.24, 2.45) is 0 Å². The number of ether oxygens (including phenoxy) is 2. The molecule has 0 aliphatic heterocycles. The van der Waals surface area contributed by atoms with Crippen LogP contribution in [-0.2, 0) is 14.3 Å². The Bertz CT molecular complexity index is 235. The predicted molar refractivity (Wildman–Crippen MR) is 65.0 cm³/mol. The van der Waals surface area contributed by atoms with Crippen molar-refractivity contribution in [1.82, 2.24) is 4.90 Å². The van der Waals surface area contributed by atoms with Crippen molar-refractivity contribution in [3.63, 3.8) is 0 Å². The van der Waals surface area contributed by atoms with Crippen molar-refractivity contribution < 1.29 is 19.1 Å². The topological polar surface area (TPSA) is 55.8 Å². The Kier molecular flexibility index (Phi) is 7.54. The maximum absolute atomic E-state index is 11.8. The molecule has 5 heteroatoms. The van der Waals surface area contributed by atoms with Crippen molar-refractivity contribution in [3.05, 3.63) is 0 Å². The summed E-state index contributed by atoms with van der Waals surface area (Å²) in [6, 6.07) is 0. The van der Waals surface area contributed by atoms with Gasteiger partial charge in [0, 0.05) is 13.1 Å². The van der Waals surface area contributed by atoms with Gasteiger partial charge in [0.15, 0.2) is 0 Å². The summed E-state index contributed by atoms with van der Waals surface area (Å²) in [6.45, 7) is 8.96. The van der Waals surface area contributed by atoms with Crippen LogP contribution in [0.3, 0.4) is 0 Å². The number of aldehydes is 1. The minimum Gasteiger partial charge on any atom is -0.444 e. The molecule has 0 saturated heterocycles. The Balaban J connectivity index is 4.11. The van der Waals surface area contributed by atoms with Crippen LogP contribution in [0.4, 0.5) is 4.79 Å². The van der Waals surface area contributed by atoms with Gasteiger partial charge in [-0.2, -0.15) is 0 Å². The van der Waals surface area contributed by atoms with Gasteiger partial charge in [-0.15, -0.1) is 0 Å². The Morgan fingerprint density at radius 3 is 2.41 bits per heavy atom. The van der Waals surface area contributed by atoms with E-state index < -0.39 is 5.60 Å². The molecule has 0 saturated carbocycles. The molecule has 0 aromatic carbocycles. The number of carbonyl (C=O) groups is 2. The van der Waals surface area contributed by atoms with Gasteiger partial charge < -0.3 is 19.2 Å². The van der Waals surface area contributed by atoms with Crippen molar-refractivity contribution >= 4 is 12.4 Å². The Hall–Kier alpha value is -1.10. The highest BCUT2D eigenvalue weighted by molar-refractivity contribution is 5.68. The Morgan fingerprint density at radius 2 is 1.94 bits per heavy atom. The molecule has 0 spiro atoms. The first-order chi connectivity index (χ1) is 7.90. The van der Waals surface area contributed by atoms with E-state index >= 15 is 0 Å². The summed E-state index contributed by atoms with van der Waals surface area (Å²) in [4.78, 5) is 23.5. The summed E-state index contributed by atoms with van der Waals surface area (Å²) >= 11 is 0. The van der Waals surface area contributed by atoms with Crippen LogP contribution in [-0.4, -0.2) is 49.2 Å². The number of rotatable bonds is 7. The average molecular weight is 245 g/mol. The third-order valence-corrected chi connectivity index (χ3v) is 1.84. The van der Waals surface area contributed by atoms with E-state index in [0.717, 1.165) is 6.42 Å². The van der Waals surface area contributed by atoms with Gasteiger partial charge in [-0.25, -0.2) is 4.79 Å². The molecule has 0 N–H and O–H groups in total. The molecule has 100 valence electrons. The first kappa shape index (κ1) is 15.9. The lowest BCUT2D eigenvalue weighted by Crippen LogP contribution is -2.39. The average Bonchev–Trinajstić information content (AvgIpc) is 2.20. The van der Waals surface area contributed by atoms with Crippen molar-refractivity contribution in [2.75, 3.05) is 26.3 Å². The number of carbonyl (C=O) groups excluding carboxylic acids is 2. The van der Waals surface area contributed by atoms with Crippen LogP contribution in [0, 0.1) is 0 Å². The lowest BCUT2D eigenvalue weighted by molar-refractivity contribution is -0.111. The molecule has 0 aliphatic rings.